The minimum Gasteiger partial charge on any atom is -0.376 e. The van der Waals surface area contributed by atoms with Gasteiger partial charge >= 0.3 is 0 Å². The van der Waals surface area contributed by atoms with Crippen LogP contribution in [-0.2, 0) is 27.4 Å². The Balaban J connectivity index is 1.48. The zero-order chi connectivity index (χ0) is 22.8. The van der Waals surface area contributed by atoms with Gasteiger partial charge in [0.15, 0.2) is 5.96 Å². The van der Waals surface area contributed by atoms with Gasteiger partial charge in [0.1, 0.15) is 0 Å². The van der Waals surface area contributed by atoms with Crippen LogP contribution in [0.3, 0.4) is 0 Å². The molecule has 2 aliphatic rings. The van der Waals surface area contributed by atoms with Gasteiger partial charge in [-0.1, -0.05) is 24.3 Å². The highest BCUT2D eigenvalue weighted by Crippen LogP contribution is 2.18. The summed E-state index contributed by atoms with van der Waals surface area (Å²) in [5.41, 5.74) is 2.27. The van der Waals surface area contributed by atoms with Crippen LogP contribution in [0.4, 0.5) is 0 Å². The first-order chi connectivity index (χ1) is 15.4. The van der Waals surface area contributed by atoms with Gasteiger partial charge in [0.25, 0.3) is 0 Å². The molecule has 1 unspecified atom stereocenters. The normalized spacial score (nSPS) is 21.1. The van der Waals surface area contributed by atoms with E-state index in [0.29, 0.717) is 25.4 Å². The summed E-state index contributed by atoms with van der Waals surface area (Å²) < 4.78 is 17.9. The fourth-order valence-corrected chi connectivity index (χ4v) is 4.13. The lowest BCUT2D eigenvalue weighted by Gasteiger charge is -2.35. The highest BCUT2D eigenvalue weighted by molar-refractivity contribution is 5.80. The van der Waals surface area contributed by atoms with Crippen molar-refractivity contribution in [3.63, 3.8) is 0 Å². The number of rotatable bonds is 8. The Labute approximate surface area is 194 Å². The fraction of sp³-hybridized carbons (Fsp3) is 0.731. The van der Waals surface area contributed by atoms with Crippen molar-refractivity contribution < 1.29 is 14.2 Å². The predicted octanol–water partition coefficient (Wildman–Crippen LogP) is 4.52. The van der Waals surface area contributed by atoms with E-state index in [1.54, 1.807) is 0 Å². The smallest absolute Gasteiger partial charge is 0.194 e. The lowest BCUT2D eigenvalue weighted by atomic mass is 10.1. The second kappa shape index (κ2) is 12.6. The summed E-state index contributed by atoms with van der Waals surface area (Å²) in [6.07, 6.45) is 6.30. The van der Waals surface area contributed by atoms with Crippen LogP contribution in [0.25, 0.3) is 0 Å². The van der Waals surface area contributed by atoms with Crippen LogP contribution in [0.5, 0.6) is 0 Å². The van der Waals surface area contributed by atoms with E-state index < -0.39 is 0 Å². The van der Waals surface area contributed by atoms with E-state index in [-0.39, 0.29) is 5.60 Å². The number of guanidine groups is 1. The van der Waals surface area contributed by atoms with Crippen molar-refractivity contribution in [2.75, 3.05) is 32.8 Å². The van der Waals surface area contributed by atoms with Gasteiger partial charge in [-0.25, -0.2) is 4.99 Å². The standard InChI is InChI=1S/C26H43N3O3/c1-5-27-25(28-18-21-9-8-10-22(17-21)19-32-26(2,3)4)29-14-12-23(13-15-29)31-20-24-11-6-7-16-30-24/h8-10,17,23-24H,5-7,11-16,18-20H2,1-4H3,(H,27,28). The first kappa shape index (κ1) is 25.0. The lowest BCUT2D eigenvalue weighted by molar-refractivity contribution is -0.0721. The van der Waals surface area contributed by atoms with Crippen LogP contribution in [0, 0.1) is 0 Å². The molecule has 0 saturated carbocycles. The van der Waals surface area contributed by atoms with E-state index in [0.717, 1.165) is 58.1 Å². The van der Waals surface area contributed by atoms with Gasteiger partial charge in [0.05, 0.1) is 37.6 Å². The number of nitrogens with zero attached hydrogens (tertiary/aromatic N) is 2. The van der Waals surface area contributed by atoms with Gasteiger partial charge in [-0.3, -0.25) is 0 Å². The van der Waals surface area contributed by atoms with E-state index >= 15 is 0 Å². The summed E-state index contributed by atoms with van der Waals surface area (Å²) in [5.74, 6) is 0.998. The first-order valence-corrected chi connectivity index (χ1v) is 12.4. The lowest BCUT2D eigenvalue weighted by Crippen LogP contribution is -2.47. The minimum absolute atomic E-state index is 0.133. The van der Waals surface area contributed by atoms with E-state index in [1.165, 1.54) is 24.0 Å². The Hall–Kier alpha value is -1.63. The van der Waals surface area contributed by atoms with E-state index in [4.69, 9.17) is 19.2 Å². The Morgan fingerprint density at radius 2 is 1.94 bits per heavy atom. The third-order valence-corrected chi connectivity index (χ3v) is 5.94. The van der Waals surface area contributed by atoms with Gasteiger partial charge in [0, 0.05) is 26.2 Å². The molecule has 180 valence electrons. The number of aliphatic imine (C=N–C) groups is 1. The molecule has 2 fully saturated rings. The molecule has 3 rings (SSSR count). The van der Waals surface area contributed by atoms with E-state index in [1.807, 2.05) is 0 Å². The number of hydrogen-bond acceptors (Lipinski definition) is 4. The molecule has 32 heavy (non-hydrogen) atoms. The maximum Gasteiger partial charge on any atom is 0.194 e. The van der Waals surface area contributed by atoms with Gasteiger partial charge < -0.3 is 24.4 Å². The molecule has 0 radical (unpaired) electrons. The van der Waals surface area contributed by atoms with Gasteiger partial charge in [-0.15, -0.1) is 0 Å². The maximum atomic E-state index is 6.18. The Morgan fingerprint density at radius 3 is 2.62 bits per heavy atom. The molecule has 2 aliphatic heterocycles. The summed E-state index contributed by atoms with van der Waals surface area (Å²) in [6, 6.07) is 8.55. The highest BCUT2D eigenvalue weighted by Gasteiger charge is 2.23. The van der Waals surface area contributed by atoms with Crippen LogP contribution < -0.4 is 5.32 Å². The zero-order valence-corrected chi connectivity index (χ0v) is 20.6. The van der Waals surface area contributed by atoms with Crippen molar-refractivity contribution in [1.29, 1.82) is 0 Å². The topological polar surface area (TPSA) is 55.3 Å². The van der Waals surface area contributed by atoms with Crippen LogP contribution >= 0.6 is 0 Å². The van der Waals surface area contributed by atoms with Crippen molar-refractivity contribution in [3.8, 4) is 0 Å². The van der Waals surface area contributed by atoms with Crippen LogP contribution in [0.2, 0.25) is 0 Å². The SMILES string of the molecule is CCNC(=NCc1cccc(COC(C)(C)C)c1)N1CCC(OCC2CCCCO2)CC1. The van der Waals surface area contributed by atoms with Crippen LogP contribution in [-0.4, -0.2) is 61.5 Å². The van der Waals surface area contributed by atoms with Crippen molar-refractivity contribution in [2.24, 2.45) is 4.99 Å². The number of ether oxygens (including phenoxy) is 3. The molecule has 6 heteroatoms. The number of benzene rings is 1. The third-order valence-electron chi connectivity index (χ3n) is 5.94. The molecule has 0 aliphatic carbocycles. The predicted molar refractivity (Wildman–Crippen MR) is 130 cm³/mol. The number of nitrogens with one attached hydrogen (secondary N) is 1. The molecule has 0 aromatic heterocycles. The Bertz CT molecular complexity index is 703. The second-order valence-corrected chi connectivity index (χ2v) is 9.90. The molecule has 0 bridgehead atoms. The molecule has 0 spiro atoms. The average Bonchev–Trinajstić information content (AvgIpc) is 2.80. The Morgan fingerprint density at radius 1 is 1.16 bits per heavy atom. The fourth-order valence-electron chi connectivity index (χ4n) is 4.13. The molecular weight excluding hydrogens is 402 g/mol. The molecule has 1 atom stereocenters. The summed E-state index contributed by atoms with van der Waals surface area (Å²) in [6.45, 7) is 14.1. The number of likely N-dealkylation sites (tertiary alicyclic amines) is 1. The monoisotopic (exact) mass is 445 g/mol. The van der Waals surface area contributed by atoms with Gasteiger partial charge in [-0.2, -0.15) is 0 Å². The van der Waals surface area contributed by atoms with E-state index in [2.05, 4.69) is 62.2 Å². The Kier molecular flexibility index (Phi) is 9.82. The number of piperidine rings is 1. The third kappa shape index (κ3) is 8.72. The summed E-state index contributed by atoms with van der Waals surface area (Å²) in [5, 5.41) is 3.47. The van der Waals surface area contributed by atoms with E-state index in [9.17, 15) is 0 Å². The van der Waals surface area contributed by atoms with Gasteiger partial charge in [-0.05, 0) is 70.9 Å². The van der Waals surface area contributed by atoms with Crippen molar-refractivity contribution in [2.45, 2.75) is 90.8 Å². The maximum absolute atomic E-state index is 6.18. The molecule has 6 nitrogen and oxygen atoms in total. The number of hydrogen-bond donors (Lipinski definition) is 1. The molecule has 0 amide bonds. The molecule has 1 aromatic rings. The summed E-state index contributed by atoms with van der Waals surface area (Å²) in [4.78, 5) is 7.30. The minimum atomic E-state index is -0.133. The first-order valence-electron chi connectivity index (χ1n) is 12.4. The largest absolute Gasteiger partial charge is 0.376 e. The van der Waals surface area contributed by atoms with Gasteiger partial charge in [0.2, 0.25) is 0 Å². The zero-order valence-electron chi connectivity index (χ0n) is 20.6. The summed E-state index contributed by atoms with van der Waals surface area (Å²) >= 11 is 0. The van der Waals surface area contributed by atoms with Crippen LogP contribution in [0.15, 0.2) is 29.3 Å². The molecule has 2 heterocycles. The van der Waals surface area contributed by atoms with Crippen molar-refractivity contribution in [1.82, 2.24) is 10.2 Å². The highest BCUT2D eigenvalue weighted by atomic mass is 16.5. The molecular formula is C26H43N3O3. The second-order valence-electron chi connectivity index (χ2n) is 9.90. The van der Waals surface area contributed by atoms with Crippen LogP contribution in [0.1, 0.15) is 70.9 Å². The molecule has 1 N–H and O–H groups in total. The quantitative estimate of drug-likeness (QED) is 0.471. The molecule has 2 saturated heterocycles. The molecule has 1 aromatic carbocycles. The average molecular weight is 446 g/mol. The van der Waals surface area contributed by atoms with Crippen molar-refractivity contribution >= 4 is 5.96 Å². The van der Waals surface area contributed by atoms with Crippen molar-refractivity contribution in [3.05, 3.63) is 35.4 Å². The summed E-state index contributed by atoms with van der Waals surface area (Å²) in [7, 11) is 0.